The van der Waals surface area contributed by atoms with Crippen LogP contribution in [0.2, 0.25) is 5.02 Å². The van der Waals surface area contributed by atoms with Crippen molar-refractivity contribution < 1.29 is 0 Å². The number of fused-ring (bicyclic) bond motifs is 1. The molecule has 2 aromatic heterocycles. The lowest BCUT2D eigenvalue weighted by atomic mass is 10.1. The molecule has 0 radical (unpaired) electrons. The van der Waals surface area contributed by atoms with Crippen LogP contribution in [0, 0.1) is 0 Å². The first-order valence-electron chi connectivity index (χ1n) is 7.74. The first-order valence-corrected chi connectivity index (χ1v) is 9.32. The van der Waals surface area contributed by atoms with Crippen LogP contribution in [0.25, 0.3) is 28.3 Å². The summed E-state index contributed by atoms with van der Waals surface area (Å²) in [5.41, 5.74) is 9.90. The van der Waals surface area contributed by atoms with Crippen LogP contribution >= 0.6 is 39.7 Å². The molecule has 0 saturated carbocycles. The van der Waals surface area contributed by atoms with Gasteiger partial charge in [-0.25, -0.2) is 9.50 Å². The lowest BCUT2D eigenvalue weighted by Crippen LogP contribution is -2.12. The van der Waals surface area contributed by atoms with E-state index in [-0.39, 0.29) is 4.99 Å². The summed E-state index contributed by atoms with van der Waals surface area (Å²) in [6.45, 7) is 0. The number of nitrogens with zero attached hydrogens (tertiary/aromatic N) is 3. The molecular formula is C19H12BrClN4S. The van der Waals surface area contributed by atoms with Crippen molar-refractivity contribution in [1.29, 1.82) is 0 Å². The Morgan fingerprint density at radius 3 is 2.54 bits per heavy atom. The van der Waals surface area contributed by atoms with Crippen molar-refractivity contribution in [3.05, 3.63) is 75.7 Å². The minimum absolute atomic E-state index is 0.279. The predicted molar refractivity (Wildman–Crippen MR) is 112 cm³/mol. The number of hydrogen-bond acceptors (Lipinski definition) is 3. The Balaban J connectivity index is 2.00. The van der Waals surface area contributed by atoms with Crippen LogP contribution in [-0.2, 0) is 0 Å². The minimum Gasteiger partial charge on any atom is -0.389 e. The molecule has 0 saturated heterocycles. The summed E-state index contributed by atoms with van der Waals surface area (Å²) in [6.07, 6.45) is 0. The maximum atomic E-state index is 6.11. The number of aromatic nitrogens is 3. The van der Waals surface area contributed by atoms with Gasteiger partial charge < -0.3 is 5.73 Å². The highest BCUT2D eigenvalue weighted by Crippen LogP contribution is 2.27. The Hall–Kier alpha value is -2.28. The molecule has 2 heterocycles. The third-order valence-electron chi connectivity index (χ3n) is 3.95. The van der Waals surface area contributed by atoms with Gasteiger partial charge in [-0.05, 0) is 36.4 Å². The molecule has 2 N–H and O–H groups in total. The second-order valence-corrected chi connectivity index (χ2v) is 7.48. The molecule has 26 heavy (non-hydrogen) atoms. The van der Waals surface area contributed by atoms with Crippen LogP contribution < -0.4 is 5.73 Å². The number of rotatable bonds is 3. The molecule has 0 aliphatic carbocycles. The Morgan fingerprint density at radius 2 is 1.81 bits per heavy atom. The van der Waals surface area contributed by atoms with E-state index in [0.717, 1.165) is 21.3 Å². The number of thiocarbonyl (C=S) groups is 1. The van der Waals surface area contributed by atoms with Crippen molar-refractivity contribution >= 4 is 50.4 Å². The van der Waals surface area contributed by atoms with E-state index in [9.17, 15) is 0 Å². The molecule has 0 amide bonds. The number of nitrogens with two attached hydrogens (primary N) is 1. The second-order valence-electron chi connectivity index (χ2n) is 5.69. The molecule has 4 rings (SSSR count). The summed E-state index contributed by atoms with van der Waals surface area (Å²) >= 11 is 14.8. The SMILES string of the molecule is NC(=S)c1ccc(-c2cccc(Br)c2)n2nc(-c3cccc(Cl)c3)nc12. The van der Waals surface area contributed by atoms with E-state index in [2.05, 4.69) is 26.0 Å². The zero-order chi connectivity index (χ0) is 18.3. The standard InChI is InChI=1S/C19H12BrClN4S/c20-13-5-1-3-11(9-13)16-8-7-15(17(22)26)19-23-18(24-25(16)19)12-4-2-6-14(21)10-12/h1-10H,(H2,22,26). The maximum absolute atomic E-state index is 6.11. The molecule has 2 aromatic carbocycles. The van der Waals surface area contributed by atoms with Crippen LogP contribution in [0.3, 0.4) is 0 Å². The molecule has 0 spiro atoms. The fourth-order valence-corrected chi connectivity index (χ4v) is 3.52. The molecule has 0 aliphatic rings. The summed E-state index contributed by atoms with van der Waals surface area (Å²) in [5.74, 6) is 0.562. The monoisotopic (exact) mass is 442 g/mol. The lowest BCUT2D eigenvalue weighted by molar-refractivity contribution is 0.973. The summed E-state index contributed by atoms with van der Waals surface area (Å²) in [7, 11) is 0. The van der Waals surface area contributed by atoms with E-state index in [1.165, 1.54) is 0 Å². The van der Waals surface area contributed by atoms with Gasteiger partial charge in [-0.3, -0.25) is 0 Å². The fourth-order valence-electron chi connectivity index (χ4n) is 2.77. The van der Waals surface area contributed by atoms with Crippen molar-refractivity contribution in [1.82, 2.24) is 14.6 Å². The maximum Gasteiger partial charge on any atom is 0.182 e. The van der Waals surface area contributed by atoms with Gasteiger partial charge in [-0.15, -0.1) is 5.10 Å². The largest absolute Gasteiger partial charge is 0.389 e. The molecule has 0 unspecified atom stereocenters. The average Bonchev–Trinajstić information content (AvgIpc) is 3.06. The minimum atomic E-state index is 0.279. The summed E-state index contributed by atoms with van der Waals surface area (Å²) in [4.78, 5) is 4.95. The number of halogens is 2. The highest BCUT2D eigenvalue weighted by molar-refractivity contribution is 9.10. The van der Waals surface area contributed by atoms with Gasteiger partial charge in [0.2, 0.25) is 0 Å². The highest BCUT2D eigenvalue weighted by atomic mass is 79.9. The van der Waals surface area contributed by atoms with Gasteiger partial charge in [-0.2, -0.15) is 0 Å². The van der Waals surface area contributed by atoms with Crippen LogP contribution in [0.1, 0.15) is 5.56 Å². The van der Waals surface area contributed by atoms with Gasteiger partial charge in [-0.1, -0.05) is 64.0 Å². The van der Waals surface area contributed by atoms with Crippen molar-refractivity contribution in [2.45, 2.75) is 0 Å². The highest BCUT2D eigenvalue weighted by Gasteiger charge is 2.16. The van der Waals surface area contributed by atoms with E-state index >= 15 is 0 Å². The van der Waals surface area contributed by atoms with Crippen LogP contribution in [0.15, 0.2) is 65.1 Å². The third kappa shape index (κ3) is 3.11. The van der Waals surface area contributed by atoms with Gasteiger partial charge in [0.1, 0.15) is 4.99 Å². The smallest absolute Gasteiger partial charge is 0.182 e. The fraction of sp³-hybridized carbons (Fsp3) is 0. The molecule has 0 bridgehead atoms. The Bertz CT molecular complexity index is 1160. The Kier molecular flexibility index (Phi) is 4.48. The first kappa shape index (κ1) is 17.1. The predicted octanol–water partition coefficient (Wildman–Crippen LogP) is 5.11. The van der Waals surface area contributed by atoms with Crippen LogP contribution in [0.5, 0.6) is 0 Å². The van der Waals surface area contributed by atoms with Gasteiger partial charge in [0.25, 0.3) is 0 Å². The topological polar surface area (TPSA) is 56.2 Å². The Morgan fingerprint density at radius 1 is 1.04 bits per heavy atom. The number of benzene rings is 2. The summed E-state index contributed by atoms with van der Waals surface area (Å²) in [5, 5.41) is 5.32. The molecule has 4 nitrogen and oxygen atoms in total. The molecule has 7 heteroatoms. The quantitative estimate of drug-likeness (QED) is 0.447. The average molecular weight is 444 g/mol. The van der Waals surface area contributed by atoms with E-state index < -0.39 is 0 Å². The van der Waals surface area contributed by atoms with Crippen molar-refractivity contribution in [2.24, 2.45) is 5.73 Å². The van der Waals surface area contributed by atoms with Crippen LogP contribution in [0.4, 0.5) is 0 Å². The van der Waals surface area contributed by atoms with Crippen LogP contribution in [-0.4, -0.2) is 19.6 Å². The molecule has 0 atom stereocenters. The molecule has 0 aliphatic heterocycles. The molecule has 4 aromatic rings. The number of pyridine rings is 1. The lowest BCUT2D eigenvalue weighted by Gasteiger charge is -2.07. The summed E-state index contributed by atoms with van der Waals surface area (Å²) < 4.78 is 2.75. The van der Waals surface area contributed by atoms with E-state index in [1.807, 2.05) is 60.7 Å². The second kappa shape index (κ2) is 6.79. The van der Waals surface area contributed by atoms with Gasteiger partial charge in [0, 0.05) is 20.6 Å². The van der Waals surface area contributed by atoms with Crippen molar-refractivity contribution in [3.8, 4) is 22.6 Å². The molecular weight excluding hydrogens is 432 g/mol. The van der Waals surface area contributed by atoms with Gasteiger partial charge in [0.05, 0.1) is 11.3 Å². The number of hydrogen-bond donors (Lipinski definition) is 1. The van der Waals surface area contributed by atoms with E-state index in [1.54, 1.807) is 4.52 Å². The Labute approximate surface area is 168 Å². The zero-order valence-corrected chi connectivity index (χ0v) is 16.5. The van der Waals surface area contributed by atoms with E-state index in [0.29, 0.717) is 22.1 Å². The first-order chi connectivity index (χ1) is 12.5. The normalized spacial score (nSPS) is 11.0. The zero-order valence-electron chi connectivity index (χ0n) is 13.4. The van der Waals surface area contributed by atoms with E-state index in [4.69, 9.17) is 29.6 Å². The van der Waals surface area contributed by atoms with Crippen molar-refractivity contribution in [2.75, 3.05) is 0 Å². The van der Waals surface area contributed by atoms with Crippen molar-refractivity contribution in [3.63, 3.8) is 0 Å². The van der Waals surface area contributed by atoms with Gasteiger partial charge in [0.15, 0.2) is 11.5 Å². The molecule has 0 fully saturated rings. The van der Waals surface area contributed by atoms with Gasteiger partial charge >= 0.3 is 0 Å². The summed E-state index contributed by atoms with van der Waals surface area (Å²) in [6, 6.07) is 19.2. The molecule has 128 valence electrons. The third-order valence-corrected chi connectivity index (χ3v) is 4.90.